The van der Waals surface area contributed by atoms with Crippen LogP contribution in [0.15, 0.2) is 91.3 Å². The standard InChI is InChI=1S/C49H52FN11O5/c50-39-26-37-38(47(65)61(46(37)64)41-15-17-44(62)56-45(41)63)27-42(39)58-20-18-34(19-21-58)57-22-24-59(25-23-57)43-16-14-36(30-51-43)60(49(66)53-28-31-6-2-1-3-7-31)35-12-10-33(11-13-35)54-48-52-29-32-8-4-5-9-40(32)55-48/h1-9,14,16,26-27,29-30,33-35,41H,10-13,15,17-25,28H2,(H,53,66)(H,52,54,55)(H,56,62,63). The molecule has 4 fully saturated rings. The molecule has 3 aromatic carbocycles. The van der Waals surface area contributed by atoms with E-state index in [1.54, 1.807) is 0 Å². The molecule has 5 aliphatic rings. The molecule has 2 aromatic heterocycles. The number of para-hydroxylation sites is 1. The van der Waals surface area contributed by atoms with Crippen molar-refractivity contribution in [2.75, 3.05) is 59.3 Å². The number of hydrogen-bond donors (Lipinski definition) is 3. The Morgan fingerprint density at radius 2 is 1.48 bits per heavy atom. The van der Waals surface area contributed by atoms with Gasteiger partial charge in [0.15, 0.2) is 0 Å². The maximum Gasteiger partial charge on any atom is 0.322 e. The molecule has 1 saturated carbocycles. The second kappa shape index (κ2) is 18.5. The van der Waals surface area contributed by atoms with Crippen LogP contribution >= 0.6 is 0 Å². The van der Waals surface area contributed by atoms with E-state index in [1.807, 2.05) is 88.9 Å². The van der Waals surface area contributed by atoms with Crippen molar-refractivity contribution in [2.24, 2.45) is 0 Å². The summed E-state index contributed by atoms with van der Waals surface area (Å²) in [6.07, 6.45) is 8.65. The summed E-state index contributed by atoms with van der Waals surface area (Å²) in [5.41, 5.74) is 2.96. The number of piperidine rings is 2. The van der Waals surface area contributed by atoms with Gasteiger partial charge in [0, 0.05) is 81.9 Å². The highest BCUT2D eigenvalue weighted by atomic mass is 19.1. The first kappa shape index (κ1) is 42.9. The number of imide groups is 2. The summed E-state index contributed by atoms with van der Waals surface area (Å²) in [5, 5.41) is 9.88. The predicted molar refractivity (Wildman–Crippen MR) is 247 cm³/mol. The van der Waals surface area contributed by atoms with Crippen molar-refractivity contribution in [2.45, 2.75) is 82.1 Å². The van der Waals surface area contributed by atoms with Gasteiger partial charge in [-0.25, -0.2) is 24.1 Å². The number of carbonyl (C=O) groups excluding carboxylic acids is 5. The van der Waals surface area contributed by atoms with Crippen molar-refractivity contribution < 1.29 is 28.4 Å². The second-order valence-corrected chi connectivity index (χ2v) is 17.8. The van der Waals surface area contributed by atoms with Crippen molar-refractivity contribution in [1.82, 2.24) is 35.4 Å². The van der Waals surface area contributed by atoms with Crippen LogP contribution in [0.5, 0.6) is 0 Å². The van der Waals surface area contributed by atoms with Gasteiger partial charge in [0.05, 0.1) is 34.2 Å². The summed E-state index contributed by atoms with van der Waals surface area (Å²) in [6, 6.07) is 23.6. The van der Waals surface area contributed by atoms with Gasteiger partial charge >= 0.3 is 6.03 Å². The lowest BCUT2D eigenvalue weighted by atomic mass is 9.90. The molecule has 1 aliphatic carbocycles. The summed E-state index contributed by atoms with van der Waals surface area (Å²) in [5.74, 6) is -1.64. The van der Waals surface area contributed by atoms with Gasteiger partial charge in [0.1, 0.15) is 17.7 Å². The molecule has 10 rings (SSSR count). The van der Waals surface area contributed by atoms with Gasteiger partial charge in [-0.1, -0.05) is 48.5 Å². The van der Waals surface area contributed by atoms with Crippen LogP contribution in [0.4, 0.5) is 32.3 Å². The number of anilines is 4. The number of fused-ring (bicyclic) bond motifs is 2. The van der Waals surface area contributed by atoms with E-state index in [2.05, 4.69) is 30.7 Å². The van der Waals surface area contributed by atoms with Gasteiger partial charge in [-0.05, 0) is 80.8 Å². The molecule has 1 atom stereocenters. The molecule has 6 heterocycles. The molecule has 0 bridgehead atoms. The third-order valence-corrected chi connectivity index (χ3v) is 13.9. The Morgan fingerprint density at radius 3 is 2.21 bits per heavy atom. The number of amides is 6. The molecule has 0 radical (unpaired) electrons. The molecular formula is C49H52FN11O5. The van der Waals surface area contributed by atoms with Crippen molar-refractivity contribution >= 4 is 63.7 Å². The van der Waals surface area contributed by atoms with Crippen LogP contribution in [0, 0.1) is 5.82 Å². The Morgan fingerprint density at radius 1 is 0.758 bits per heavy atom. The molecule has 66 heavy (non-hydrogen) atoms. The van der Waals surface area contributed by atoms with Gasteiger partial charge in [0.25, 0.3) is 11.8 Å². The van der Waals surface area contributed by atoms with E-state index in [4.69, 9.17) is 9.97 Å². The van der Waals surface area contributed by atoms with E-state index >= 15 is 4.39 Å². The number of nitrogens with one attached hydrogen (secondary N) is 3. The second-order valence-electron chi connectivity index (χ2n) is 17.8. The van der Waals surface area contributed by atoms with Crippen LogP contribution in [0.2, 0.25) is 0 Å². The fourth-order valence-corrected chi connectivity index (χ4v) is 10.3. The molecule has 3 N–H and O–H groups in total. The van der Waals surface area contributed by atoms with Gasteiger partial charge < -0.3 is 20.4 Å². The molecule has 3 saturated heterocycles. The summed E-state index contributed by atoms with van der Waals surface area (Å²) in [4.78, 5) is 88.4. The monoisotopic (exact) mass is 893 g/mol. The zero-order valence-corrected chi connectivity index (χ0v) is 36.6. The Labute approximate surface area is 381 Å². The van der Waals surface area contributed by atoms with E-state index < -0.39 is 35.5 Å². The fourth-order valence-electron chi connectivity index (χ4n) is 10.3. The van der Waals surface area contributed by atoms with Gasteiger partial charge in [-0.3, -0.25) is 39.2 Å². The normalized spacial score (nSPS) is 21.8. The molecule has 1 unspecified atom stereocenters. The summed E-state index contributed by atoms with van der Waals surface area (Å²) >= 11 is 0. The highest BCUT2D eigenvalue weighted by molar-refractivity contribution is 6.23. The lowest BCUT2D eigenvalue weighted by molar-refractivity contribution is -0.136. The Kier molecular flexibility index (Phi) is 12.0. The number of benzene rings is 3. The lowest BCUT2D eigenvalue weighted by Crippen LogP contribution is -2.54. The third-order valence-electron chi connectivity index (χ3n) is 13.9. The highest BCUT2D eigenvalue weighted by Gasteiger charge is 2.45. The van der Waals surface area contributed by atoms with Crippen molar-refractivity contribution in [3.63, 3.8) is 0 Å². The van der Waals surface area contributed by atoms with Gasteiger partial charge in [0.2, 0.25) is 17.8 Å². The third kappa shape index (κ3) is 8.74. The minimum Gasteiger partial charge on any atom is -0.369 e. The van der Waals surface area contributed by atoms with Crippen molar-refractivity contribution in [3.8, 4) is 0 Å². The first-order valence-electron chi connectivity index (χ1n) is 23.0. The number of halogens is 1. The predicted octanol–water partition coefficient (Wildman–Crippen LogP) is 5.50. The molecule has 4 aliphatic heterocycles. The first-order chi connectivity index (χ1) is 32.2. The average Bonchev–Trinajstić information content (AvgIpc) is 3.58. The average molecular weight is 894 g/mol. The summed E-state index contributed by atoms with van der Waals surface area (Å²) < 4.78 is 15.6. The molecule has 5 aromatic rings. The topological polar surface area (TPSA) is 176 Å². The molecule has 6 amide bonds. The Hall–Kier alpha value is -7.01. The van der Waals surface area contributed by atoms with Crippen LogP contribution in [-0.4, -0.2) is 118 Å². The maximum absolute atomic E-state index is 15.6. The number of hydrogen-bond acceptors (Lipinski definition) is 12. The molecule has 16 nitrogen and oxygen atoms in total. The van der Waals surface area contributed by atoms with E-state index in [0.29, 0.717) is 31.6 Å². The molecule has 340 valence electrons. The van der Waals surface area contributed by atoms with E-state index in [-0.39, 0.29) is 47.8 Å². The zero-order valence-electron chi connectivity index (χ0n) is 36.6. The summed E-state index contributed by atoms with van der Waals surface area (Å²) in [6.45, 7) is 4.82. The number of carbonyl (C=O) groups is 5. The molecule has 17 heteroatoms. The SMILES string of the molecule is O=C1CCC(N2C(=O)c3cc(F)c(N4CCC(N5CCN(c6ccc(N(C(=O)NCc7ccccc7)C7CCC(Nc8ncc9ccccc9n8)CC7)cn6)CC5)CC4)cc3C2=O)C(=O)N1. The molecule has 0 spiro atoms. The van der Waals surface area contributed by atoms with Crippen LogP contribution in [0.25, 0.3) is 10.9 Å². The first-order valence-corrected chi connectivity index (χ1v) is 23.0. The van der Waals surface area contributed by atoms with Crippen LogP contribution in [0.3, 0.4) is 0 Å². The zero-order chi connectivity index (χ0) is 45.3. The van der Waals surface area contributed by atoms with E-state index in [9.17, 15) is 24.0 Å². The van der Waals surface area contributed by atoms with Crippen molar-refractivity contribution in [1.29, 1.82) is 0 Å². The van der Waals surface area contributed by atoms with E-state index in [1.165, 1.54) is 6.07 Å². The minimum absolute atomic E-state index is 0.0136. The molecular weight excluding hydrogens is 842 g/mol. The number of rotatable bonds is 10. The highest BCUT2D eigenvalue weighted by Crippen LogP contribution is 2.35. The maximum atomic E-state index is 15.6. The Balaban J connectivity index is 0.744. The number of pyridine rings is 1. The van der Waals surface area contributed by atoms with Gasteiger partial charge in [-0.15, -0.1) is 0 Å². The number of nitrogens with zero attached hydrogens (tertiary/aromatic N) is 8. The summed E-state index contributed by atoms with van der Waals surface area (Å²) in [7, 11) is 0. The number of aromatic nitrogens is 3. The minimum atomic E-state index is -1.11. The number of urea groups is 1. The smallest absolute Gasteiger partial charge is 0.322 e. The van der Waals surface area contributed by atoms with Gasteiger partial charge in [-0.2, -0.15) is 0 Å². The van der Waals surface area contributed by atoms with Crippen LogP contribution in [-0.2, 0) is 16.1 Å². The number of piperazine rings is 1. The van der Waals surface area contributed by atoms with E-state index in [0.717, 1.165) is 104 Å². The lowest BCUT2D eigenvalue weighted by Gasteiger charge is -2.43. The Bertz CT molecular complexity index is 2650. The van der Waals surface area contributed by atoms with Crippen molar-refractivity contribution in [3.05, 3.63) is 114 Å². The fraction of sp³-hybridized carbons (Fsp3) is 0.388. The largest absolute Gasteiger partial charge is 0.369 e. The quantitative estimate of drug-likeness (QED) is 0.151. The van der Waals surface area contributed by atoms with Crippen LogP contribution < -0.4 is 30.7 Å². The van der Waals surface area contributed by atoms with Crippen LogP contribution in [0.1, 0.15) is 77.6 Å².